The van der Waals surface area contributed by atoms with Gasteiger partial charge in [-0.3, -0.25) is 4.79 Å². The molecule has 1 heterocycles. The van der Waals surface area contributed by atoms with E-state index in [0.29, 0.717) is 30.9 Å². The zero-order valence-electron chi connectivity index (χ0n) is 15.7. The molecule has 1 amide bonds. The average Bonchev–Trinajstić information content (AvgIpc) is 3.30. The Morgan fingerprint density at radius 3 is 2.93 bits per heavy atom. The van der Waals surface area contributed by atoms with Crippen LogP contribution < -0.4 is 10.1 Å². The van der Waals surface area contributed by atoms with E-state index in [0.717, 1.165) is 29.4 Å². The quantitative estimate of drug-likeness (QED) is 0.604. The van der Waals surface area contributed by atoms with E-state index in [1.807, 2.05) is 18.2 Å². The van der Waals surface area contributed by atoms with Gasteiger partial charge in [0.25, 0.3) is 0 Å². The van der Waals surface area contributed by atoms with Gasteiger partial charge >= 0.3 is 0 Å². The Kier molecular flexibility index (Phi) is 5.29. The Bertz CT molecular complexity index is 1050. The maximum Gasteiger partial charge on any atom is 0.228 e. The Morgan fingerprint density at radius 1 is 1.21 bits per heavy atom. The van der Waals surface area contributed by atoms with Crippen molar-refractivity contribution < 1.29 is 13.9 Å². The van der Waals surface area contributed by atoms with Gasteiger partial charge in [0, 0.05) is 29.1 Å². The van der Waals surface area contributed by atoms with Crippen LogP contribution in [0.15, 0.2) is 47.1 Å². The highest BCUT2D eigenvalue weighted by molar-refractivity contribution is 5.95. The number of nitrogens with zero attached hydrogens (tertiary/aromatic N) is 1. The van der Waals surface area contributed by atoms with Crippen molar-refractivity contribution in [3.05, 3.63) is 59.4 Å². The van der Waals surface area contributed by atoms with Gasteiger partial charge in [-0.2, -0.15) is 5.26 Å². The van der Waals surface area contributed by atoms with Gasteiger partial charge in [0.1, 0.15) is 11.3 Å². The van der Waals surface area contributed by atoms with E-state index >= 15 is 0 Å². The van der Waals surface area contributed by atoms with Crippen molar-refractivity contribution >= 4 is 22.6 Å². The van der Waals surface area contributed by atoms with E-state index in [2.05, 4.69) is 23.5 Å². The minimum absolute atomic E-state index is 0.0928. The van der Waals surface area contributed by atoms with Crippen molar-refractivity contribution in [2.75, 3.05) is 11.9 Å². The van der Waals surface area contributed by atoms with Crippen LogP contribution >= 0.6 is 0 Å². The molecule has 2 aromatic carbocycles. The summed E-state index contributed by atoms with van der Waals surface area (Å²) >= 11 is 0. The number of carbonyl (C=O) groups excluding carboxylic acids is 1. The summed E-state index contributed by atoms with van der Waals surface area (Å²) in [7, 11) is 0. The van der Waals surface area contributed by atoms with E-state index in [-0.39, 0.29) is 12.3 Å². The zero-order valence-corrected chi connectivity index (χ0v) is 15.7. The third kappa shape index (κ3) is 4.01. The highest BCUT2D eigenvalue weighted by atomic mass is 16.5. The molecule has 3 aromatic rings. The lowest BCUT2D eigenvalue weighted by molar-refractivity contribution is -0.115. The first-order valence-electron chi connectivity index (χ1n) is 9.64. The molecule has 4 rings (SSSR count). The van der Waals surface area contributed by atoms with Crippen molar-refractivity contribution in [3.63, 3.8) is 0 Å². The van der Waals surface area contributed by atoms with E-state index < -0.39 is 0 Å². The predicted octanol–water partition coefficient (Wildman–Crippen LogP) is 4.79. The number of nitrogens with one attached hydrogen (secondary N) is 1. The second-order valence-corrected chi connectivity index (χ2v) is 7.09. The number of hydrogen-bond donors (Lipinski definition) is 1. The van der Waals surface area contributed by atoms with E-state index in [1.54, 1.807) is 12.3 Å². The summed E-state index contributed by atoms with van der Waals surface area (Å²) in [5.41, 5.74) is 5.19. The van der Waals surface area contributed by atoms with Gasteiger partial charge in [-0.05, 0) is 61.1 Å². The molecule has 1 aromatic heterocycles. The van der Waals surface area contributed by atoms with Gasteiger partial charge in [-0.1, -0.05) is 6.07 Å². The fourth-order valence-electron chi connectivity index (χ4n) is 3.67. The van der Waals surface area contributed by atoms with Gasteiger partial charge < -0.3 is 14.5 Å². The number of benzene rings is 2. The third-order valence-corrected chi connectivity index (χ3v) is 5.04. The molecule has 0 saturated heterocycles. The lowest BCUT2D eigenvalue weighted by Crippen LogP contribution is -2.14. The Labute approximate surface area is 163 Å². The zero-order chi connectivity index (χ0) is 19.3. The largest absolute Gasteiger partial charge is 0.493 e. The fraction of sp³-hybridized carbons (Fsp3) is 0.304. The number of carbonyl (C=O) groups is 1. The van der Waals surface area contributed by atoms with Crippen LogP contribution in [-0.2, 0) is 24.1 Å². The second-order valence-electron chi connectivity index (χ2n) is 7.09. The molecule has 0 saturated carbocycles. The van der Waals surface area contributed by atoms with Crippen molar-refractivity contribution in [1.29, 1.82) is 5.26 Å². The standard InChI is InChI=1S/C23H22N2O3/c24-9-1-2-10-27-20-8-4-7-19(14-20)25-23(26)13-18-15-28-22-12-17-6-3-5-16(17)11-21(18)22/h4,7-8,11-12,14-15H,1-3,5-6,10,13H2,(H,25,26). The highest BCUT2D eigenvalue weighted by Crippen LogP contribution is 2.30. The van der Waals surface area contributed by atoms with Gasteiger partial charge in [-0.25, -0.2) is 0 Å². The molecule has 0 bridgehead atoms. The summed E-state index contributed by atoms with van der Waals surface area (Å²) < 4.78 is 11.3. The molecule has 1 aliphatic rings. The summed E-state index contributed by atoms with van der Waals surface area (Å²) in [5, 5.41) is 12.5. The summed E-state index contributed by atoms with van der Waals surface area (Å²) in [6.07, 6.45) is 6.50. The SMILES string of the molecule is N#CCCCOc1cccc(NC(=O)Cc2coc3cc4c(cc23)CCC4)c1. The molecular weight excluding hydrogens is 352 g/mol. The molecule has 0 radical (unpaired) electrons. The van der Waals surface area contributed by atoms with Crippen LogP contribution in [0.3, 0.4) is 0 Å². The molecule has 0 fully saturated rings. The van der Waals surface area contributed by atoms with Gasteiger partial charge in [0.2, 0.25) is 5.91 Å². The van der Waals surface area contributed by atoms with E-state index in [4.69, 9.17) is 14.4 Å². The summed E-state index contributed by atoms with van der Waals surface area (Å²) in [4.78, 5) is 12.5. The normalized spacial score (nSPS) is 12.5. The number of nitriles is 1. The van der Waals surface area contributed by atoms with Crippen LogP contribution in [0.25, 0.3) is 11.0 Å². The average molecular weight is 374 g/mol. The van der Waals surface area contributed by atoms with E-state index in [1.165, 1.54) is 17.5 Å². The molecule has 5 heteroatoms. The molecule has 0 aliphatic heterocycles. The number of aryl methyl sites for hydroxylation is 2. The number of anilines is 1. The smallest absolute Gasteiger partial charge is 0.228 e. The highest BCUT2D eigenvalue weighted by Gasteiger charge is 2.16. The number of hydrogen-bond acceptors (Lipinski definition) is 4. The van der Waals surface area contributed by atoms with Crippen LogP contribution in [0.5, 0.6) is 5.75 Å². The number of rotatable bonds is 7. The molecule has 0 atom stereocenters. The summed E-state index contributed by atoms with van der Waals surface area (Å²) in [6, 6.07) is 13.7. The lowest BCUT2D eigenvalue weighted by Gasteiger charge is -2.08. The lowest BCUT2D eigenvalue weighted by atomic mass is 10.0. The Morgan fingerprint density at radius 2 is 2.07 bits per heavy atom. The number of furan rings is 1. The number of amides is 1. The molecule has 1 aliphatic carbocycles. The predicted molar refractivity (Wildman–Crippen MR) is 107 cm³/mol. The molecule has 142 valence electrons. The first-order chi connectivity index (χ1) is 13.7. The van der Waals surface area contributed by atoms with Gasteiger partial charge in [-0.15, -0.1) is 0 Å². The maximum absolute atomic E-state index is 12.5. The summed E-state index contributed by atoms with van der Waals surface area (Å²) in [6.45, 7) is 0.482. The summed E-state index contributed by atoms with van der Waals surface area (Å²) in [5.74, 6) is 0.588. The topological polar surface area (TPSA) is 75.3 Å². The minimum atomic E-state index is -0.0928. The number of fused-ring (bicyclic) bond motifs is 2. The minimum Gasteiger partial charge on any atom is -0.493 e. The van der Waals surface area contributed by atoms with Crippen molar-refractivity contribution in [3.8, 4) is 11.8 Å². The molecule has 0 unspecified atom stereocenters. The fourth-order valence-corrected chi connectivity index (χ4v) is 3.67. The maximum atomic E-state index is 12.5. The second kappa shape index (κ2) is 8.18. The van der Waals surface area contributed by atoms with Crippen molar-refractivity contribution in [1.82, 2.24) is 0 Å². The van der Waals surface area contributed by atoms with Gasteiger partial charge in [0.05, 0.1) is 25.4 Å². The number of unbranched alkanes of at least 4 members (excludes halogenated alkanes) is 1. The molecule has 5 nitrogen and oxygen atoms in total. The Hall–Kier alpha value is -3.26. The Balaban J connectivity index is 1.41. The van der Waals surface area contributed by atoms with Crippen LogP contribution in [0.1, 0.15) is 36.0 Å². The van der Waals surface area contributed by atoms with Crippen molar-refractivity contribution in [2.24, 2.45) is 0 Å². The van der Waals surface area contributed by atoms with Crippen LogP contribution in [0.4, 0.5) is 5.69 Å². The van der Waals surface area contributed by atoms with E-state index in [9.17, 15) is 4.79 Å². The van der Waals surface area contributed by atoms with Crippen molar-refractivity contribution in [2.45, 2.75) is 38.5 Å². The molecule has 0 spiro atoms. The third-order valence-electron chi connectivity index (χ3n) is 5.04. The first kappa shape index (κ1) is 18.1. The molecule has 1 N–H and O–H groups in total. The molecule has 28 heavy (non-hydrogen) atoms. The van der Waals surface area contributed by atoms with Crippen LogP contribution in [-0.4, -0.2) is 12.5 Å². The first-order valence-corrected chi connectivity index (χ1v) is 9.64. The number of ether oxygens (including phenoxy) is 1. The molecular formula is C23H22N2O3. The van der Waals surface area contributed by atoms with Crippen LogP contribution in [0, 0.1) is 11.3 Å². The van der Waals surface area contributed by atoms with Gasteiger partial charge in [0.15, 0.2) is 0 Å². The monoisotopic (exact) mass is 374 g/mol. The van der Waals surface area contributed by atoms with Crippen LogP contribution in [0.2, 0.25) is 0 Å².